The Labute approximate surface area is 108 Å². The molecule has 1 atom stereocenters. The normalized spacial score (nSPS) is 23.0. The number of carbonyl (C=O) groups is 1. The van der Waals surface area contributed by atoms with Crippen LogP contribution in [0.4, 0.5) is 10.5 Å². The molecule has 2 N–H and O–H groups in total. The number of hydrazine groups is 1. The molecule has 0 radical (unpaired) electrons. The summed E-state index contributed by atoms with van der Waals surface area (Å²) < 4.78 is 0. The second-order valence-corrected chi connectivity index (χ2v) is 5.00. The van der Waals surface area contributed by atoms with Crippen LogP contribution in [0.5, 0.6) is 0 Å². The van der Waals surface area contributed by atoms with Gasteiger partial charge in [0.15, 0.2) is 0 Å². The van der Waals surface area contributed by atoms with Crippen molar-refractivity contribution in [3.63, 3.8) is 0 Å². The highest BCUT2D eigenvalue weighted by atomic mass is 16.2. The third-order valence-corrected chi connectivity index (χ3v) is 3.01. The van der Waals surface area contributed by atoms with Crippen LogP contribution < -0.4 is 15.8 Å². The highest BCUT2D eigenvalue weighted by Crippen LogP contribution is 2.22. The summed E-state index contributed by atoms with van der Waals surface area (Å²) >= 11 is 0. The van der Waals surface area contributed by atoms with Gasteiger partial charge in [0.1, 0.15) is 5.66 Å². The number of carbonyl (C=O) groups excluding carboxylic acids is 1. The topological polar surface area (TPSA) is 44.4 Å². The molecular formula is C14H19N3O. The maximum atomic E-state index is 12.0. The minimum absolute atomic E-state index is 0.120. The van der Waals surface area contributed by atoms with Gasteiger partial charge in [-0.15, -0.1) is 6.58 Å². The van der Waals surface area contributed by atoms with Gasteiger partial charge >= 0.3 is 6.03 Å². The second kappa shape index (κ2) is 4.82. The molecule has 0 bridgehead atoms. The van der Waals surface area contributed by atoms with Crippen LogP contribution in [0.3, 0.4) is 0 Å². The molecular weight excluding hydrogens is 226 g/mol. The fourth-order valence-corrected chi connectivity index (χ4v) is 1.96. The third kappa shape index (κ3) is 2.71. The predicted molar refractivity (Wildman–Crippen MR) is 73.0 cm³/mol. The maximum absolute atomic E-state index is 12.0. The summed E-state index contributed by atoms with van der Waals surface area (Å²) in [5, 5.41) is 4.52. The molecule has 0 aromatic heterocycles. The Morgan fingerprint density at radius 3 is 2.67 bits per heavy atom. The minimum atomic E-state index is -0.411. The standard InChI is InChI=1S/C14H19N3O/c1-11(2)9-10-14(3)15-13(18)17(16-14)12-7-5-4-6-8-12/h4-8,16H,1,9-10H2,2-3H3,(H,15,18)/t14-/m1/s1. The molecule has 1 aliphatic rings. The van der Waals surface area contributed by atoms with E-state index in [1.54, 1.807) is 5.01 Å². The van der Waals surface area contributed by atoms with E-state index in [1.165, 1.54) is 0 Å². The van der Waals surface area contributed by atoms with Gasteiger partial charge in [0.25, 0.3) is 0 Å². The molecule has 96 valence electrons. The molecule has 1 fully saturated rings. The predicted octanol–water partition coefficient (Wildman–Crippen LogP) is 2.79. The molecule has 4 nitrogen and oxygen atoms in total. The first-order chi connectivity index (χ1) is 8.50. The van der Waals surface area contributed by atoms with E-state index in [4.69, 9.17) is 0 Å². The summed E-state index contributed by atoms with van der Waals surface area (Å²) in [4.78, 5) is 12.0. The highest BCUT2D eigenvalue weighted by molar-refractivity contribution is 5.93. The van der Waals surface area contributed by atoms with Crippen LogP contribution in [0.15, 0.2) is 42.5 Å². The number of rotatable bonds is 4. The molecule has 1 aromatic carbocycles. The number of nitrogens with zero attached hydrogens (tertiary/aromatic N) is 1. The van der Waals surface area contributed by atoms with E-state index < -0.39 is 5.66 Å². The van der Waals surface area contributed by atoms with E-state index in [1.807, 2.05) is 44.2 Å². The lowest BCUT2D eigenvalue weighted by atomic mass is 10.0. The quantitative estimate of drug-likeness (QED) is 0.801. The zero-order valence-corrected chi connectivity index (χ0v) is 10.9. The lowest BCUT2D eigenvalue weighted by molar-refractivity contribution is 0.246. The van der Waals surface area contributed by atoms with Crippen molar-refractivity contribution in [3.05, 3.63) is 42.5 Å². The van der Waals surface area contributed by atoms with Crippen molar-refractivity contribution in [2.75, 3.05) is 5.01 Å². The molecule has 2 rings (SSSR count). The van der Waals surface area contributed by atoms with Crippen molar-refractivity contribution in [2.24, 2.45) is 0 Å². The first kappa shape index (κ1) is 12.6. The molecule has 0 spiro atoms. The number of hydrogen-bond acceptors (Lipinski definition) is 2. The zero-order valence-electron chi connectivity index (χ0n) is 10.9. The van der Waals surface area contributed by atoms with Gasteiger partial charge in [-0.2, -0.15) is 0 Å². The highest BCUT2D eigenvalue weighted by Gasteiger charge is 2.38. The lowest BCUT2D eigenvalue weighted by Gasteiger charge is -2.25. The van der Waals surface area contributed by atoms with Crippen LogP contribution in [0.25, 0.3) is 0 Å². The average molecular weight is 245 g/mol. The summed E-state index contributed by atoms with van der Waals surface area (Å²) in [6, 6.07) is 9.43. The van der Waals surface area contributed by atoms with Gasteiger partial charge in [-0.05, 0) is 38.8 Å². The van der Waals surface area contributed by atoms with Gasteiger partial charge in [0.2, 0.25) is 0 Å². The van der Waals surface area contributed by atoms with Crippen molar-refractivity contribution < 1.29 is 4.79 Å². The van der Waals surface area contributed by atoms with Crippen LogP contribution >= 0.6 is 0 Å². The van der Waals surface area contributed by atoms with E-state index in [9.17, 15) is 4.79 Å². The Balaban J connectivity index is 2.09. The van der Waals surface area contributed by atoms with Crippen molar-refractivity contribution in [2.45, 2.75) is 32.4 Å². The van der Waals surface area contributed by atoms with Gasteiger partial charge in [-0.25, -0.2) is 15.2 Å². The Morgan fingerprint density at radius 2 is 2.06 bits per heavy atom. The largest absolute Gasteiger partial charge is 0.338 e. The molecule has 0 unspecified atom stereocenters. The Bertz CT molecular complexity index is 457. The van der Waals surface area contributed by atoms with Crippen molar-refractivity contribution >= 4 is 11.7 Å². The van der Waals surface area contributed by atoms with Crippen molar-refractivity contribution in [1.29, 1.82) is 0 Å². The summed E-state index contributed by atoms with van der Waals surface area (Å²) in [6.45, 7) is 7.87. The molecule has 18 heavy (non-hydrogen) atoms. The summed E-state index contributed by atoms with van der Waals surface area (Å²) in [5.74, 6) is 0. The zero-order chi connectivity index (χ0) is 13.2. The van der Waals surface area contributed by atoms with Crippen LogP contribution in [-0.4, -0.2) is 11.7 Å². The number of hydrogen-bond donors (Lipinski definition) is 2. The van der Waals surface area contributed by atoms with E-state index in [0.29, 0.717) is 0 Å². The van der Waals surface area contributed by atoms with Gasteiger partial charge in [-0.1, -0.05) is 23.8 Å². The molecule has 1 saturated heterocycles. The van der Waals surface area contributed by atoms with Crippen LogP contribution in [0, 0.1) is 0 Å². The fraction of sp³-hybridized carbons (Fsp3) is 0.357. The number of benzene rings is 1. The molecule has 0 aliphatic carbocycles. The van der Waals surface area contributed by atoms with E-state index in [0.717, 1.165) is 24.1 Å². The monoisotopic (exact) mass is 245 g/mol. The van der Waals surface area contributed by atoms with Crippen molar-refractivity contribution in [3.8, 4) is 0 Å². The molecule has 1 aliphatic heterocycles. The van der Waals surface area contributed by atoms with Crippen LogP contribution in [0.1, 0.15) is 26.7 Å². The number of anilines is 1. The third-order valence-electron chi connectivity index (χ3n) is 3.01. The van der Waals surface area contributed by atoms with Gasteiger partial charge in [0, 0.05) is 0 Å². The second-order valence-electron chi connectivity index (χ2n) is 5.00. The molecule has 4 heteroatoms. The number of urea groups is 1. The van der Waals surface area contributed by atoms with Crippen LogP contribution in [-0.2, 0) is 0 Å². The van der Waals surface area contributed by atoms with Gasteiger partial charge in [-0.3, -0.25) is 0 Å². The first-order valence-electron chi connectivity index (χ1n) is 6.10. The smallest absolute Gasteiger partial charge is 0.317 e. The van der Waals surface area contributed by atoms with Crippen LogP contribution in [0.2, 0.25) is 0 Å². The summed E-state index contributed by atoms with van der Waals surface area (Å²) in [7, 11) is 0. The SMILES string of the molecule is C=C(C)CC[C@]1(C)NC(=O)N(c2ccccc2)N1. The van der Waals surface area contributed by atoms with E-state index in [2.05, 4.69) is 17.3 Å². The number of allylic oxidation sites excluding steroid dienone is 1. The van der Waals surface area contributed by atoms with E-state index >= 15 is 0 Å². The number of nitrogens with one attached hydrogen (secondary N) is 2. The van der Waals surface area contributed by atoms with Gasteiger partial charge in [0.05, 0.1) is 5.69 Å². The number of para-hydroxylation sites is 1. The Hall–Kier alpha value is -1.81. The molecule has 2 amide bonds. The summed E-state index contributed by atoms with van der Waals surface area (Å²) in [6.07, 6.45) is 1.70. The molecule has 1 aromatic rings. The van der Waals surface area contributed by atoms with E-state index in [-0.39, 0.29) is 6.03 Å². The number of amides is 2. The first-order valence-corrected chi connectivity index (χ1v) is 6.10. The minimum Gasteiger partial charge on any atom is -0.317 e. The fourth-order valence-electron chi connectivity index (χ4n) is 1.96. The maximum Gasteiger partial charge on any atom is 0.338 e. The Morgan fingerprint density at radius 1 is 1.39 bits per heavy atom. The molecule has 1 heterocycles. The molecule has 0 saturated carbocycles. The lowest BCUT2D eigenvalue weighted by Crippen LogP contribution is -2.48. The van der Waals surface area contributed by atoms with Gasteiger partial charge < -0.3 is 5.32 Å². The Kier molecular flexibility index (Phi) is 3.39. The summed E-state index contributed by atoms with van der Waals surface area (Å²) in [5.41, 5.74) is 4.77. The van der Waals surface area contributed by atoms with Crippen molar-refractivity contribution in [1.82, 2.24) is 10.7 Å². The average Bonchev–Trinajstić information content (AvgIpc) is 2.64.